The molecule has 0 aliphatic carbocycles. The lowest BCUT2D eigenvalue weighted by Gasteiger charge is -2.34. The van der Waals surface area contributed by atoms with Crippen molar-refractivity contribution in [1.29, 1.82) is 0 Å². The first-order valence-electron chi connectivity index (χ1n) is 5.57. The van der Waals surface area contributed by atoms with Gasteiger partial charge in [-0.05, 0) is 19.2 Å². The summed E-state index contributed by atoms with van der Waals surface area (Å²) in [4.78, 5) is 4.61. The molecular formula is C12H18N2O2. The van der Waals surface area contributed by atoms with Crippen LogP contribution in [0.2, 0.25) is 0 Å². The fourth-order valence-electron chi connectivity index (χ4n) is 1.96. The molecule has 0 unspecified atom stereocenters. The lowest BCUT2D eigenvalue weighted by atomic mass is 10.2. The summed E-state index contributed by atoms with van der Waals surface area (Å²) in [7, 11) is 2.13. The zero-order chi connectivity index (χ0) is 11.4. The van der Waals surface area contributed by atoms with Crippen LogP contribution >= 0.6 is 0 Å². The Morgan fingerprint density at radius 1 is 1.19 bits per heavy atom. The fourth-order valence-corrected chi connectivity index (χ4v) is 1.96. The predicted molar refractivity (Wildman–Crippen MR) is 63.9 cm³/mol. The molecule has 88 valence electrons. The molecule has 0 radical (unpaired) electrons. The first kappa shape index (κ1) is 11.2. The SMILES string of the molecule is CN1CCN(c2ccccc2OCO)CC1. The van der Waals surface area contributed by atoms with Crippen molar-refractivity contribution >= 4 is 5.69 Å². The van der Waals surface area contributed by atoms with Crippen molar-refractivity contribution < 1.29 is 9.84 Å². The largest absolute Gasteiger partial charge is 0.466 e. The Bertz CT molecular complexity index is 336. The number of hydrogen-bond donors (Lipinski definition) is 1. The first-order valence-corrected chi connectivity index (χ1v) is 5.57. The van der Waals surface area contributed by atoms with E-state index in [0.717, 1.165) is 37.6 Å². The maximum Gasteiger partial charge on any atom is 0.186 e. The van der Waals surface area contributed by atoms with Gasteiger partial charge in [-0.2, -0.15) is 0 Å². The molecule has 4 heteroatoms. The zero-order valence-electron chi connectivity index (χ0n) is 9.59. The summed E-state index contributed by atoms with van der Waals surface area (Å²) in [6.07, 6.45) is 0. The number of benzene rings is 1. The van der Waals surface area contributed by atoms with E-state index in [-0.39, 0.29) is 6.79 Å². The summed E-state index contributed by atoms with van der Waals surface area (Å²) in [5.41, 5.74) is 1.07. The molecule has 0 saturated carbocycles. The monoisotopic (exact) mass is 222 g/mol. The van der Waals surface area contributed by atoms with Crippen molar-refractivity contribution in [3.8, 4) is 5.75 Å². The van der Waals surface area contributed by atoms with Gasteiger partial charge in [0.2, 0.25) is 0 Å². The highest BCUT2D eigenvalue weighted by atomic mass is 16.6. The smallest absolute Gasteiger partial charge is 0.186 e. The molecule has 0 spiro atoms. The molecule has 1 saturated heterocycles. The zero-order valence-corrected chi connectivity index (χ0v) is 9.59. The third kappa shape index (κ3) is 2.46. The lowest BCUT2D eigenvalue weighted by Crippen LogP contribution is -2.44. The molecule has 16 heavy (non-hydrogen) atoms. The van der Waals surface area contributed by atoms with Crippen LogP contribution in [0.4, 0.5) is 5.69 Å². The predicted octanol–water partition coefficient (Wildman–Crippen LogP) is 0.767. The number of ether oxygens (including phenoxy) is 1. The van der Waals surface area contributed by atoms with Crippen molar-refractivity contribution in [3.05, 3.63) is 24.3 Å². The van der Waals surface area contributed by atoms with E-state index in [1.165, 1.54) is 0 Å². The van der Waals surface area contributed by atoms with Crippen LogP contribution < -0.4 is 9.64 Å². The van der Waals surface area contributed by atoms with Gasteiger partial charge in [0.1, 0.15) is 5.75 Å². The van der Waals surface area contributed by atoms with Gasteiger partial charge >= 0.3 is 0 Å². The van der Waals surface area contributed by atoms with E-state index in [1.807, 2.05) is 24.3 Å². The highest BCUT2D eigenvalue weighted by Gasteiger charge is 2.16. The molecule has 2 rings (SSSR count). The Morgan fingerprint density at radius 2 is 1.88 bits per heavy atom. The van der Waals surface area contributed by atoms with Gasteiger partial charge in [-0.15, -0.1) is 0 Å². The standard InChI is InChI=1S/C12H18N2O2/c1-13-6-8-14(9-7-13)11-4-2-3-5-12(11)16-10-15/h2-5,15H,6-10H2,1H3. The van der Waals surface area contributed by atoms with Crippen LogP contribution in [0.5, 0.6) is 5.75 Å². The number of anilines is 1. The van der Waals surface area contributed by atoms with Gasteiger partial charge in [0.15, 0.2) is 6.79 Å². The maximum atomic E-state index is 8.84. The molecule has 1 fully saturated rings. The number of likely N-dealkylation sites (N-methyl/N-ethyl adjacent to an activating group) is 1. The molecule has 1 aromatic rings. The second-order valence-electron chi connectivity index (χ2n) is 4.03. The molecule has 1 aliphatic heterocycles. The molecule has 0 amide bonds. The minimum absolute atomic E-state index is 0.273. The summed E-state index contributed by atoms with van der Waals surface area (Å²) in [5, 5.41) is 8.84. The number of rotatable bonds is 3. The third-order valence-electron chi connectivity index (χ3n) is 2.93. The summed E-state index contributed by atoms with van der Waals surface area (Å²) in [6.45, 7) is 3.86. The number of aliphatic hydroxyl groups is 1. The van der Waals surface area contributed by atoms with Crippen LogP contribution in [0.15, 0.2) is 24.3 Å². The Labute approximate surface area is 96.0 Å². The van der Waals surface area contributed by atoms with Crippen LogP contribution in [-0.2, 0) is 0 Å². The number of hydrogen-bond acceptors (Lipinski definition) is 4. The van der Waals surface area contributed by atoms with Gasteiger partial charge in [-0.1, -0.05) is 12.1 Å². The summed E-state index contributed by atoms with van der Waals surface area (Å²) < 4.78 is 5.22. The molecule has 0 atom stereocenters. The minimum atomic E-state index is -0.273. The van der Waals surface area contributed by atoms with Crippen LogP contribution in [0.3, 0.4) is 0 Å². The van der Waals surface area contributed by atoms with Crippen molar-refractivity contribution in [2.24, 2.45) is 0 Å². The van der Waals surface area contributed by atoms with E-state index < -0.39 is 0 Å². The van der Waals surface area contributed by atoms with Crippen LogP contribution in [0.25, 0.3) is 0 Å². The van der Waals surface area contributed by atoms with E-state index in [9.17, 15) is 0 Å². The van der Waals surface area contributed by atoms with Crippen LogP contribution in [-0.4, -0.2) is 50.0 Å². The van der Waals surface area contributed by atoms with E-state index in [1.54, 1.807) is 0 Å². The van der Waals surface area contributed by atoms with Crippen molar-refractivity contribution in [1.82, 2.24) is 4.90 Å². The Hall–Kier alpha value is -1.26. The highest BCUT2D eigenvalue weighted by Crippen LogP contribution is 2.28. The van der Waals surface area contributed by atoms with Gasteiger partial charge in [-0.25, -0.2) is 0 Å². The number of para-hydroxylation sites is 2. The van der Waals surface area contributed by atoms with Gasteiger partial charge in [0.25, 0.3) is 0 Å². The normalized spacial score (nSPS) is 17.5. The Balaban J connectivity index is 2.13. The molecular weight excluding hydrogens is 204 g/mol. The summed E-state index contributed by atoms with van der Waals surface area (Å²) >= 11 is 0. The second kappa shape index (κ2) is 5.18. The van der Waals surface area contributed by atoms with Gasteiger partial charge in [0, 0.05) is 26.2 Å². The lowest BCUT2D eigenvalue weighted by molar-refractivity contribution is 0.0987. The van der Waals surface area contributed by atoms with Crippen molar-refractivity contribution in [2.45, 2.75) is 0 Å². The minimum Gasteiger partial charge on any atom is -0.466 e. The van der Waals surface area contributed by atoms with Crippen LogP contribution in [0, 0.1) is 0 Å². The molecule has 4 nitrogen and oxygen atoms in total. The molecule has 1 heterocycles. The van der Waals surface area contributed by atoms with E-state index in [2.05, 4.69) is 16.8 Å². The highest BCUT2D eigenvalue weighted by molar-refractivity contribution is 5.58. The average Bonchev–Trinajstić information content (AvgIpc) is 2.32. The third-order valence-corrected chi connectivity index (χ3v) is 2.93. The Kier molecular flexibility index (Phi) is 3.64. The Morgan fingerprint density at radius 3 is 2.56 bits per heavy atom. The molecule has 0 aromatic heterocycles. The van der Waals surface area contributed by atoms with Crippen molar-refractivity contribution in [2.75, 3.05) is 44.9 Å². The molecule has 0 bridgehead atoms. The maximum absolute atomic E-state index is 8.84. The van der Waals surface area contributed by atoms with E-state index in [0.29, 0.717) is 0 Å². The number of nitrogens with zero attached hydrogens (tertiary/aromatic N) is 2. The second-order valence-corrected chi connectivity index (χ2v) is 4.03. The fraction of sp³-hybridized carbons (Fsp3) is 0.500. The summed E-state index contributed by atoms with van der Waals surface area (Å²) in [5.74, 6) is 0.759. The topological polar surface area (TPSA) is 35.9 Å². The first-order chi connectivity index (χ1) is 7.81. The van der Waals surface area contributed by atoms with E-state index in [4.69, 9.17) is 9.84 Å². The van der Waals surface area contributed by atoms with E-state index >= 15 is 0 Å². The van der Waals surface area contributed by atoms with Crippen molar-refractivity contribution in [3.63, 3.8) is 0 Å². The van der Waals surface area contributed by atoms with Gasteiger partial charge in [0.05, 0.1) is 5.69 Å². The quantitative estimate of drug-likeness (QED) is 0.766. The molecule has 1 aromatic carbocycles. The number of piperazine rings is 1. The average molecular weight is 222 g/mol. The molecule has 1 N–H and O–H groups in total. The summed E-state index contributed by atoms with van der Waals surface area (Å²) in [6, 6.07) is 7.85. The molecule has 1 aliphatic rings. The van der Waals surface area contributed by atoms with Gasteiger partial charge in [-0.3, -0.25) is 0 Å². The number of aliphatic hydroxyl groups excluding tert-OH is 1. The van der Waals surface area contributed by atoms with Gasteiger partial charge < -0.3 is 19.6 Å². The van der Waals surface area contributed by atoms with Crippen LogP contribution in [0.1, 0.15) is 0 Å².